The van der Waals surface area contributed by atoms with Gasteiger partial charge in [-0.15, -0.1) is 10.2 Å². The fraction of sp³-hybridized carbons (Fsp3) is 0.273. The molecule has 0 saturated carbocycles. The Morgan fingerprint density at radius 2 is 1.94 bits per heavy atom. The third-order valence-electron chi connectivity index (χ3n) is 2.18. The van der Waals surface area contributed by atoms with Gasteiger partial charge in [-0.2, -0.15) is 0 Å². The van der Waals surface area contributed by atoms with Crippen molar-refractivity contribution in [3.8, 4) is 0 Å². The van der Waals surface area contributed by atoms with E-state index in [1.54, 1.807) is 7.05 Å². The van der Waals surface area contributed by atoms with Crippen LogP contribution in [0.25, 0.3) is 0 Å². The van der Waals surface area contributed by atoms with Crippen LogP contribution in [0, 0.1) is 11.6 Å². The van der Waals surface area contributed by atoms with Crippen LogP contribution < -0.4 is 5.32 Å². The molecule has 1 N–H and O–H groups in total. The molecule has 6 heteroatoms. The Balaban J connectivity index is 2.11. The monoisotopic (exact) mass is 239 g/mol. The molecule has 0 amide bonds. The highest BCUT2D eigenvalue weighted by Crippen LogP contribution is 2.12. The van der Waals surface area contributed by atoms with Crippen LogP contribution in [-0.4, -0.2) is 17.2 Å². The van der Waals surface area contributed by atoms with Crippen molar-refractivity contribution in [2.75, 3.05) is 7.05 Å². The van der Waals surface area contributed by atoms with Gasteiger partial charge in [0, 0.05) is 0 Å². The maximum Gasteiger partial charge on any atom is 0.230 e. The zero-order valence-corrected chi connectivity index (χ0v) is 9.20. The van der Waals surface area contributed by atoms with Crippen molar-refractivity contribution in [3.05, 3.63) is 47.2 Å². The van der Waals surface area contributed by atoms with Gasteiger partial charge in [0.1, 0.15) is 0 Å². The highest BCUT2D eigenvalue weighted by Gasteiger charge is 2.08. The van der Waals surface area contributed by atoms with Gasteiger partial charge in [-0.1, -0.05) is 6.07 Å². The minimum absolute atomic E-state index is 0.286. The Labute approximate surface area is 96.7 Å². The largest absolute Gasteiger partial charge is 0.424 e. The molecule has 0 atom stereocenters. The van der Waals surface area contributed by atoms with Crippen molar-refractivity contribution in [2.24, 2.45) is 0 Å². The lowest BCUT2D eigenvalue weighted by Gasteiger charge is -1.98. The van der Waals surface area contributed by atoms with E-state index in [9.17, 15) is 8.78 Å². The van der Waals surface area contributed by atoms with Crippen LogP contribution in [-0.2, 0) is 13.0 Å². The Hall–Kier alpha value is -1.82. The van der Waals surface area contributed by atoms with Crippen LogP contribution in [0.5, 0.6) is 0 Å². The lowest BCUT2D eigenvalue weighted by molar-refractivity contribution is 0.446. The number of nitrogens with zero attached hydrogens (tertiary/aromatic N) is 2. The van der Waals surface area contributed by atoms with Crippen LogP contribution in [0.1, 0.15) is 17.3 Å². The van der Waals surface area contributed by atoms with Crippen molar-refractivity contribution in [1.29, 1.82) is 0 Å². The minimum atomic E-state index is -0.877. The summed E-state index contributed by atoms with van der Waals surface area (Å²) in [6.45, 7) is 0.477. The van der Waals surface area contributed by atoms with E-state index in [1.807, 2.05) is 0 Å². The minimum Gasteiger partial charge on any atom is -0.424 e. The summed E-state index contributed by atoms with van der Waals surface area (Å²) in [6.07, 6.45) is 0.286. The summed E-state index contributed by atoms with van der Waals surface area (Å²) >= 11 is 0. The first kappa shape index (κ1) is 11.7. The van der Waals surface area contributed by atoms with Gasteiger partial charge in [0.2, 0.25) is 11.8 Å². The number of aromatic nitrogens is 2. The molecule has 0 saturated heterocycles. The number of hydrogen-bond acceptors (Lipinski definition) is 4. The first-order chi connectivity index (χ1) is 8.19. The highest BCUT2D eigenvalue weighted by atomic mass is 19.2. The zero-order chi connectivity index (χ0) is 12.3. The van der Waals surface area contributed by atoms with E-state index in [2.05, 4.69) is 15.5 Å². The maximum atomic E-state index is 13.0. The first-order valence-electron chi connectivity index (χ1n) is 5.09. The van der Waals surface area contributed by atoms with E-state index in [0.717, 1.165) is 12.1 Å². The molecule has 0 aliphatic carbocycles. The molecule has 2 rings (SSSR count). The Morgan fingerprint density at radius 1 is 1.18 bits per heavy atom. The molecule has 90 valence electrons. The smallest absolute Gasteiger partial charge is 0.230 e. The quantitative estimate of drug-likeness (QED) is 0.881. The van der Waals surface area contributed by atoms with Crippen molar-refractivity contribution < 1.29 is 13.2 Å². The first-order valence-corrected chi connectivity index (χ1v) is 5.09. The molecule has 0 unspecified atom stereocenters. The van der Waals surface area contributed by atoms with Gasteiger partial charge < -0.3 is 9.73 Å². The average molecular weight is 239 g/mol. The number of rotatable bonds is 4. The highest BCUT2D eigenvalue weighted by molar-refractivity contribution is 5.20. The molecule has 1 heterocycles. The van der Waals surface area contributed by atoms with Gasteiger partial charge in [-0.25, -0.2) is 8.78 Å². The van der Waals surface area contributed by atoms with Crippen LogP contribution in [0.15, 0.2) is 22.6 Å². The van der Waals surface area contributed by atoms with Crippen LogP contribution in [0.3, 0.4) is 0 Å². The third kappa shape index (κ3) is 2.85. The molecule has 0 aliphatic rings. The molecule has 0 bridgehead atoms. The molecule has 1 aromatic carbocycles. The van der Waals surface area contributed by atoms with Crippen molar-refractivity contribution in [1.82, 2.24) is 15.5 Å². The molecule has 0 aliphatic heterocycles. The topological polar surface area (TPSA) is 51.0 Å². The van der Waals surface area contributed by atoms with E-state index in [4.69, 9.17) is 4.42 Å². The fourth-order valence-electron chi connectivity index (χ4n) is 1.41. The van der Waals surface area contributed by atoms with Gasteiger partial charge in [0.15, 0.2) is 11.6 Å². The maximum absolute atomic E-state index is 13.0. The normalized spacial score (nSPS) is 10.8. The van der Waals surface area contributed by atoms with E-state index >= 15 is 0 Å². The van der Waals surface area contributed by atoms with E-state index in [1.165, 1.54) is 6.07 Å². The molecule has 4 nitrogen and oxygen atoms in total. The summed E-state index contributed by atoms with van der Waals surface area (Å²) < 4.78 is 31.0. The lowest BCUT2D eigenvalue weighted by Crippen LogP contribution is -2.04. The SMILES string of the molecule is CNCc1nnc(Cc2ccc(F)c(F)c2)o1. The summed E-state index contributed by atoms with van der Waals surface area (Å²) in [4.78, 5) is 0. The molecule has 2 aromatic rings. The van der Waals surface area contributed by atoms with Crippen LogP contribution >= 0.6 is 0 Å². The molecule has 0 spiro atoms. The number of halogens is 2. The summed E-state index contributed by atoms with van der Waals surface area (Å²) in [5.74, 6) is -0.904. The van der Waals surface area contributed by atoms with Crippen molar-refractivity contribution in [3.63, 3.8) is 0 Å². The fourth-order valence-corrected chi connectivity index (χ4v) is 1.41. The van der Waals surface area contributed by atoms with Crippen molar-refractivity contribution in [2.45, 2.75) is 13.0 Å². The van der Waals surface area contributed by atoms with Gasteiger partial charge in [0.05, 0.1) is 13.0 Å². The summed E-state index contributed by atoms with van der Waals surface area (Å²) in [5, 5.41) is 10.5. The summed E-state index contributed by atoms with van der Waals surface area (Å²) in [5.41, 5.74) is 0.587. The van der Waals surface area contributed by atoms with Crippen LogP contribution in [0.2, 0.25) is 0 Å². The number of hydrogen-bond donors (Lipinski definition) is 1. The predicted octanol–water partition coefficient (Wildman–Crippen LogP) is 1.66. The molecule has 0 radical (unpaired) electrons. The average Bonchev–Trinajstić information content (AvgIpc) is 2.72. The molecular weight excluding hydrogens is 228 g/mol. The van der Waals surface area contributed by atoms with Crippen molar-refractivity contribution >= 4 is 0 Å². The predicted molar refractivity (Wildman–Crippen MR) is 56.2 cm³/mol. The lowest BCUT2D eigenvalue weighted by atomic mass is 10.1. The summed E-state index contributed by atoms with van der Waals surface area (Å²) in [7, 11) is 1.76. The molecular formula is C11H11F2N3O. The van der Waals surface area contributed by atoms with E-state index in [-0.39, 0.29) is 6.42 Å². The number of benzene rings is 1. The van der Waals surface area contributed by atoms with Gasteiger partial charge in [0.25, 0.3) is 0 Å². The van der Waals surface area contributed by atoms with Crippen LogP contribution in [0.4, 0.5) is 8.78 Å². The van der Waals surface area contributed by atoms with Gasteiger partial charge >= 0.3 is 0 Å². The Morgan fingerprint density at radius 3 is 2.65 bits per heavy atom. The van der Waals surface area contributed by atoms with Gasteiger partial charge in [-0.3, -0.25) is 0 Å². The second-order valence-electron chi connectivity index (χ2n) is 3.55. The van der Waals surface area contributed by atoms with Gasteiger partial charge in [-0.05, 0) is 24.7 Å². The molecule has 17 heavy (non-hydrogen) atoms. The third-order valence-corrected chi connectivity index (χ3v) is 2.18. The summed E-state index contributed by atoms with van der Waals surface area (Å²) in [6, 6.07) is 3.69. The van der Waals surface area contributed by atoms with E-state index in [0.29, 0.717) is 23.9 Å². The van der Waals surface area contributed by atoms with E-state index < -0.39 is 11.6 Å². The second-order valence-corrected chi connectivity index (χ2v) is 3.55. The standard InChI is InChI=1S/C11H11F2N3O/c1-14-6-11-16-15-10(17-11)5-7-2-3-8(12)9(13)4-7/h2-4,14H,5-6H2,1H3. The second kappa shape index (κ2) is 5.01. The Kier molecular flexibility index (Phi) is 3.43. The zero-order valence-electron chi connectivity index (χ0n) is 9.20. The Bertz CT molecular complexity index is 513. The molecule has 0 fully saturated rings. The molecule has 1 aromatic heterocycles. The number of nitrogens with one attached hydrogen (secondary N) is 1.